The predicted molar refractivity (Wildman–Crippen MR) is 146 cm³/mol. The minimum Gasteiger partial charge on any atom is -0.461 e. The summed E-state index contributed by atoms with van der Waals surface area (Å²) in [5, 5.41) is 8.44. The monoisotopic (exact) mass is 550 g/mol. The van der Waals surface area contributed by atoms with Gasteiger partial charge in [-0.3, -0.25) is 14.2 Å². The van der Waals surface area contributed by atoms with E-state index in [0.717, 1.165) is 40.9 Å². The Kier molecular flexibility index (Phi) is 8.31. The van der Waals surface area contributed by atoms with E-state index >= 15 is 0 Å². The molecule has 0 bridgehead atoms. The molecule has 212 valence electrons. The van der Waals surface area contributed by atoms with Crippen molar-refractivity contribution < 1.29 is 23.9 Å². The second kappa shape index (κ2) is 11.7. The molecule has 0 fully saturated rings. The van der Waals surface area contributed by atoms with Crippen molar-refractivity contribution in [1.82, 2.24) is 34.4 Å². The summed E-state index contributed by atoms with van der Waals surface area (Å²) in [5.74, 6) is -0.701. The first kappa shape index (κ1) is 28.5. The van der Waals surface area contributed by atoms with Gasteiger partial charge in [0.15, 0.2) is 11.4 Å². The molecule has 2 aliphatic rings. The van der Waals surface area contributed by atoms with Crippen LogP contribution in [-0.4, -0.2) is 79.5 Å². The van der Waals surface area contributed by atoms with Crippen molar-refractivity contribution in [2.24, 2.45) is 14.1 Å². The molecular weight excluding hydrogens is 516 g/mol. The van der Waals surface area contributed by atoms with Crippen LogP contribution >= 0.6 is 0 Å². The highest BCUT2D eigenvalue weighted by atomic mass is 16.5. The number of anilines is 1. The van der Waals surface area contributed by atoms with Crippen LogP contribution in [0.2, 0.25) is 0 Å². The predicted octanol–water partition coefficient (Wildman–Crippen LogP) is 1.91. The van der Waals surface area contributed by atoms with Gasteiger partial charge in [0.05, 0.1) is 24.6 Å². The Labute approximate surface area is 232 Å². The molecule has 2 N–H and O–H groups in total. The highest BCUT2D eigenvalue weighted by molar-refractivity contribution is 6.11. The minimum absolute atomic E-state index is 0.0644. The van der Waals surface area contributed by atoms with Crippen LogP contribution in [0, 0.1) is 0 Å². The maximum Gasteiger partial charge on any atom is 0.359 e. The smallest absolute Gasteiger partial charge is 0.359 e. The molecule has 13 nitrogen and oxygen atoms in total. The number of rotatable bonds is 5. The lowest BCUT2D eigenvalue weighted by atomic mass is 9.90. The zero-order valence-corrected chi connectivity index (χ0v) is 23.6. The first-order valence-electron chi connectivity index (χ1n) is 13.1. The Bertz CT molecular complexity index is 1500. The number of aryl methyl sites for hydroxylation is 3. The van der Waals surface area contributed by atoms with E-state index in [0.29, 0.717) is 43.0 Å². The lowest BCUT2D eigenvalue weighted by Crippen LogP contribution is -2.20. The van der Waals surface area contributed by atoms with Gasteiger partial charge in [-0.25, -0.2) is 19.6 Å². The van der Waals surface area contributed by atoms with E-state index in [1.165, 1.54) is 4.68 Å². The molecule has 2 aliphatic carbocycles. The molecule has 3 aromatic rings. The third-order valence-electron chi connectivity index (χ3n) is 6.55. The van der Waals surface area contributed by atoms with Gasteiger partial charge in [-0.05, 0) is 45.1 Å². The normalized spacial score (nSPS) is 14.4. The number of ether oxygens (including phenoxy) is 2. The van der Waals surface area contributed by atoms with Gasteiger partial charge >= 0.3 is 11.9 Å². The van der Waals surface area contributed by atoms with E-state index in [9.17, 15) is 14.4 Å². The molecule has 0 unspecified atom stereocenters. The van der Waals surface area contributed by atoms with E-state index in [2.05, 4.69) is 20.2 Å². The average Bonchev–Trinajstić information content (AvgIpc) is 3.43. The molecular formula is C27H34N8O5. The number of nitrogens with zero attached hydrogens (tertiary/aromatic N) is 7. The molecule has 5 rings (SSSR count). The Balaban J connectivity index is 0.000000185. The lowest BCUT2D eigenvalue weighted by Gasteiger charge is -2.17. The molecule has 0 amide bonds. The number of nitrogen functional groups attached to an aromatic ring is 1. The van der Waals surface area contributed by atoms with Gasteiger partial charge in [-0.2, -0.15) is 10.2 Å². The Morgan fingerprint density at radius 2 is 1.50 bits per heavy atom. The molecule has 0 spiro atoms. The number of carbonyl (C=O) groups excluding carboxylic acids is 3. The fraction of sp³-hybridized carbons (Fsp3) is 0.444. The fourth-order valence-electron chi connectivity index (χ4n) is 4.94. The summed E-state index contributed by atoms with van der Waals surface area (Å²) >= 11 is 0. The average molecular weight is 551 g/mol. The van der Waals surface area contributed by atoms with E-state index in [1.807, 2.05) is 25.2 Å². The van der Waals surface area contributed by atoms with Gasteiger partial charge < -0.3 is 20.1 Å². The zero-order valence-electron chi connectivity index (χ0n) is 23.6. The van der Waals surface area contributed by atoms with Crippen molar-refractivity contribution in [3.63, 3.8) is 0 Å². The van der Waals surface area contributed by atoms with E-state index in [1.54, 1.807) is 38.8 Å². The van der Waals surface area contributed by atoms with Gasteiger partial charge in [-0.1, -0.05) is 0 Å². The van der Waals surface area contributed by atoms with Gasteiger partial charge in [0.1, 0.15) is 5.69 Å². The second-order valence-electron chi connectivity index (χ2n) is 9.59. The summed E-state index contributed by atoms with van der Waals surface area (Å²) in [6, 6.07) is 0. The maximum atomic E-state index is 12.5. The molecule has 3 aromatic heterocycles. The fourth-order valence-corrected chi connectivity index (χ4v) is 4.94. The number of carbonyl (C=O) groups is 3. The third kappa shape index (κ3) is 5.44. The van der Waals surface area contributed by atoms with Gasteiger partial charge in [0.2, 0.25) is 11.7 Å². The van der Waals surface area contributed by atoms with Crippen LogP contribution in [0.5, 0.6) is 0 Å². The van der Waals surface area contributed by atoms with Gasteiger partial charge in [-0.15, -0.1) is 0 Å². The number of esters is 2. The summed E-state index contributed by atoms with van der Waals surface area (Å²) < 4.78 is 13.2. The van der Waals surface area contributed by atoms with Crippen LogP contribution in [0.25, 0.3) is 11.4 Å². The van der Waals surface area contributed by atoms with Crippen LogP contribution in [0.3, 0.4) is 0 Å². The van der Waals surface area contributed by atoms with Crippen LogP contribution in [0.1, 0.15) is 68.4 Å². The first-order chi connectivity index (χ1) is 19.1. The highest BCUT2D eigenvalue weighted by Crippen LogP contribution is 2.34. The Hall–Kier alpha value is -4.55. The summed E-state index contributed by atoms with van der Waals surface area (Å²) in [7, 11) is 7.22. The molecule has 40 heavy (non-hydrogen) atoms. The molecule has 0 saturated carbocycles. The lowest BCUT2D eigenvalue weighted by molar-refractivity contribution is 0.0508. The van der Waals surface area contributed by atoms with Crippen molar-refractivity contribution in [3.05, 3.63) is 51.7 Å². The first-order valence-corrected chi connectivity index (χ1v) is 13.1. The van der Waals surface area contributed by atoms with Crippen molar-refractivity contribution in [1.29, 1.82) is 0 Å². The zero-order chi connectivity index (χ0) is 29.1. The number of ketones is 1. The van der Waals surface area contributed by atoms with Crippen molar-refractivity contribution >= 4 is 23.7 Å². The van der Waals surface area contributed by atoms with Crippen LogP contribution in [-0.2, 0) is 42.8 Å². The molecule has 0 radical (unpaired) electrons. The topological polar surface area (TPSA) is 160 Å². The van der Waals surface area contributed by atoms with Crippen LogP contribution < -0.4 is 5.73 Å². The quantitative estimate of drug-likeness (QED) is 0.365. The standard InChI is InChI=1S/C14H19N3O3.C13H15N5O2/c1-5-20-14(19)11-10-7-6-9(8-16(2)3)13(18)12(10)17(4)15-11;1-3-20-12(19)10-8-5-4-7-6-15-13(14)16-9(7)11(8)18(2)17-10/h8H,5-7H2,1-4H3;6H,3-5H2,1-2H3,(H2,14,15,16)/b9-8-;. The van der Waals surface area contributed by atoms with Gasteiger partial charge in [0.25, 0.3) is 0 Å². The molecule has 0 aromatic carbocycles. The molecule has 0 atom stereocenters. The number of hydrogen-bond donors (Lipinski definition) is 1. The van der Waals surface area contributed by atoms with Crippen LogP contribution in [0.4, 0.5) is 5.95 Å². The van der Waals surface area contributed by atoms with Crippen molar-refractivity contribution in [3.8, 4) is 11.4 Å². The molecule has 13 heteroatoms. The molecule has 0 saturated heterocycles. The van der Waals surface area contributed by atoms with E-state index in [4.69, 9.17) is 15.2 Å². The number of hydrogen-bond acceptors (Lipinski definition) is 11. The molecule has 3 heterocycles. The summed E-state index contributed by atoms with van der Waals surface area (Å²) in [6.45, 7) is 4.15. The van der Waals surface area contributed by atoms with Crippen molar-refractivity contribution in [2.45, 2.75) is 39.5 Å². The number of fused-ring (bicyclic) bond motifs is 4. The number of aromatic nitrogens is 6. The number of nitrogens with two attached hydrogens (primary N) is 1. The van der Waals surface area contributed by atoms with E-state index < -0.39 is 11.9 Å². The Morgan fingerprint density at radius 1 is 0.950 bits per heavy atom. The third-order valence-corrected chi connectivity index (χ3v) is 6.55. The minimum atomic E-state index is -0.461. The summed E-state index contributed by atoms with van der Waals surface area (Å²) in [6.07, 6.45) is 6.28. The SMILES string of the molecule is CCOC(=O)c1nn(C)c2c1CC/C(=C/N(C)C)C2=O.CCOC(=O)c1nn(C)c2c1CCc1cnc(N)nc1-2. The number of allylic oxidation sites excluding steroid dienone is 1. The summed E-state index contributed by atoms with van der Waals surface area (Å²) in [5.41, 5.74) is 11.7. The second-order valence-corrected chi connectivity index (χ2v) is 9.59. The molecule has 0 aliphatic heterocycles. The van der Waals surface area contributed by atoms with E-state index in [-0.39, 0.29) is 17.4 Å². The summed E-state index contributed by atoms with van der Waals surface area (Å²) in [4.78, 5) is 46.4. The number of Topliss-reactive ketones (excluding diaryl/α,β-unsaturated/α-hetero) is 1. The maximum absolute atomic E-state index is 12.5. The Morgan fingerprint density at radius 3 is 2.08 bits per heavy atom. The van der Waals surface area contributed by atoms with Gasteiger partial charge in [0, 0.05) is 57.3 Å². The largest absolute Gasteiger partial charge is 0.461 e. The van der Waals surface area contributed by atoms with Crippen molar-refractivity contribution in [2.75, 3.05) is 33.0 Å². The highest BCUT2D eigenvalue weighted by Gasteiger charge is 2.32. The van der Waals surface area contributed by atoms with Crippen LogP contribution in [0.15, 0.2) is 18.0 Å².